The Morgan fingerprint density at radius 3 is 2.50 bits per heavy atom. The zero-order valence-electron chi connectivity index (χ0n) is 9.21. The van der Waals surface area contributed by atoms with Crippen LogP contribution in [0.1, 0.15) is 46.5 Å². The van der Waals surface area contributed by atoms with Gasteiger partial charge in [0.15, 0.2) is 0 Å². The van der Waals surface area contributed by atoms with Crippen molar-refractivity contribution in [3.8, 4) is 0 Å². The van der Waals surface area contributed by atoms with E-state index in [0.29, 0.717) is 0 Å². The number of hydrogen-bond donors (Lipinski definition) is 2. The predicted octanol–water partition coefficient (Wildman–Crippen LogP) is 2.04. The second-order valence-corrected chi connectivity index (χ2v) is 5.17. The Hall–Kier alpha value is -0.570. The van der Waals surface area contributed by atoms with Gasteiger partial charge in [0.1, 0.15) is 0 Å². The molecule has 0 aliphatic heterocycles. The Morgan fingerprint density at radius 1 is 1.50 bits per heavy atom. The Balaban J connectivity index is 2.92. The van der Waals surface area contributed by atoms with E-state index < -0.39 is 11.6 Å². The van der Waals surface area contributed by atoms with Crippen LogP contribution in [0, 0.1) is 11.3 Å². The molecule has 1 saturated carbocycles. The molecule has 1 rings (SSSR count). The van der Waals surface area contributed by atoms with Gasteiger partial charge in [-0.15, -0.1) is 0 Å². The van der Waals surface area contributed by atoms with Gasteiger partial charge in [0.25, 0.3) is 0 Å². The second-order valence-electron chi connectivity index (χ2n) is 5.17. The van der Waals surface area contributed by atoms with E-state index in [-0.39, 0.29) is 17.8 Å². The van der Waals surface area contributed by atoms with Gasteiger partial charge in [0, 0.05) is 0 Å². The number of aliphatic carboxylic acids is 1. The molecule has 0 spiro atoms. The summed E-state index contributed by atoms with van der Waals surface area (Å²) in [6, 6.07) is 0. The summed E-state index contributed by atoms with van der Waals surface area (Å²) in [5.41, 5.74) is -1.33. The Labute approximate surface area is 85.1 Å². The van der Waals surface area contributed by atoms with Gasteiger partial charge < -0.3 is 10.2 Å². The number of aliphatic hydroxyl groups is 1. The third-order valence-electron chi connectivity index (χ3n) is 3.85. The van der Waals surface area contributed by atoms with Crippen LogP contribution in [0.4, 0.5) is 0 Å². The van der Waals surface area contributed by atoms with Crippen molar-refractivity contribution in [3.05, 3.63) is 0 Å². The summed E-state index contributed by atoms with van der Waals surface area (Å²) >= 11 is 0. The second kappa shape index (κ2) is 3.54. The molecule has 2 unspecified atom stereocenters. The molecular formula is C11H20O3. The summed E-state index contributed by atoms with van der Waals surface area (Å²) in [4.78, 5) is 10.7. The summed E-state index contributed by atoms with van der Waals surface area (Å²) in [5, 5.41) is 19.3. The van der Waals surface area contributed by atoms with E-state index in [9.17, 15) is 9.90 Å². The maximum absolute atomic E-state index is 10.7. The first-order valence-electron chi connectivity index (χ1n) is 5.24. The van der Waals surface area contributed by atoms with Crippen molar-refractivity contribution in [1.29, 1.82) is 0 Å². The smallest absolute Gasteiger partial charge is 0.306 e. The average Bonchev–Trinajstić information content (AvgIpc) is 1.99. The summed E-state index contributed by atoms with van der Waals surface area (Å²) in [6.07, 6.45) is 2.77. The zero-order chi connectivity index (χ0) is 11.0. The molecule has 0 bridgehead atoms. The lowest BCUT2D eigenvalue weighted by atomic mass is 9.59. The molecule has 82 valence electrons. The van der Waals surface area contributed by atoms with Gasteiger partial charge in [-0.2, -0.15) is 0 Å². The highest BCUT2D eigenvalue weighted by atomic mass is 16.4. The number of carboxylic acid groups (broad SMARTS) is 1. The van der Waals surface area contributed by atoms with Gasteiger partial charge >= 0.3 is 5.97 Å². The maximum Gasteiger partial charge on any atom is 0.306 e. The lowest BCUT2D eigenvalue weighted by Gasteiger charge is -2.49. The van der Waals surface area contributed by atoms with Gasteiger partial charge in [-0.3, -0.25) is 4.79 Å². The lowest BCUT2D eigenvalue weighted by molar-refractivity contribution is -0.166. The topological polar surface area (TPSA) is 57.5 Å². The van der Waals surface area contributed by atoms with Crippen LogP contribution >= 0.6 is 0 Å². The molecule has 2 atom stereocenters. The normalized spacial score (nSPS) is 36.7. The number of hydrogen-bond acceptors (Lipinski definition) is 2. The standard InChI is InChI=1S/C11H20O3/c1-8-5-4-6-10(2,3)11(8,14)7-9(12)13/h8,14H,4-7H2,1-3H3,(H,12,13). The highest BCUT2D eigenvalue weighted by molar-refractivity contribution is 5.68. The Morgan fingerprint density at radius 2 is 2.07 bits per heavy atom. The van der Waals surface area contributed by atoms with E-state index in [1.807, 2.05) is 20.8 Å². The van der Waals surface area contributed by atoms with Gasteiger partial charge in [-0.25, -0.2) is 0 Å². The molecule has 3 heteroatoms. The molecule has 1 fully saturated rings. The molecule has 1 aliphatic carbocycles. The Kier molecular flexibility index (Phi) is 2.91. The van der Waals surface area contributed by atoms with E-state index in [0.717, 1.165) is 19.3 Å². The van der Waals surface area contributed by atoms with E-state index in [2.05, 4.69) is 0 Å². The van der Waals surface area contributed by atoms with Crippen molar-refractivity contribution >= 4 is 5.97 Å². The first-order chi connectivity index (χ1) is 6.29. The molecule has 0 aromatic heterocycles. The van der Waals surface area contributed by atoms with Crippen LogP contribution in [-0.2, 0) is 4.79 Å². The van der Waals surface area contributed by atoms with Crippen LogP contribution in [0.2, 0.25) is 0 Å². The van der Waals surface area contributed by atoms with Crippen molar-refractivity contribution in [2.24, 2.45) is 11.3 Å². The molecule has 0 saturated heterocycles. The minimum atomic E-state index is -1.04. The number of rotatable bonds is 2. The fourth-order valence-corrected chi connectivity index (χ4v) is 2.62. The van der Waals surface area contributed by atoms with Crippen LogP contribution in [0.25, 0.3) is 0 Å². The SMILES string of the molecule is CC1CCCC(C)(C)C1(O)CC(=O)O. The molecular weight excluding hydrogens is 180 g/mol. The summed E-state index contributed by atoms with van der Waals surface area (Å²) in [5.74, 6) is -0.836. The molecule has 0 amide bonds. The molecule has 0 aromatic carbocycles. The summed E-state index contributed by atoms with van der Waals surface area (Å²) in [7, 11) is 0. The van der Waals surface area contributed by atoms with Gasteiger partial charge in [0.05, 0.1) is 12.0 Å². The van der Waals surface area contributed by atoms with Crippen molar-refractivity contribution in [2.45, 2.75) is 52.1 Å². The number of carbonyl (C=O) groups is 1. The van der Waals surface area contributed by atoms with Gasteiger partial charge in [-0.1, -0.05) is 27.2 Å². The average molecular weight is 200 g/mol. The minimum absolute atomic E-state index is 0.0716. The lowest BCUT2D eigenvalue weighted by Crippen LogP contribution is -2.53. The monoisotopic (exact) mass is 200 g/mol. The van der Waals surface area contributed by atoms with Crippen molar-refractivity contribution in [2.75, 3.05) is 0 Å². The molecule has 0 radical (unpaired) electrons. The molecule has 1 aliphatic rings. The van der Waals surface area contributed by atoms with E-state index in [1.165, 1.54) is 0 Å². The zero-order valence-corrected chi connectivity index (χ0v) is 9.21. The van der Waals surface area contributed by atoms with E-state index in [1.54, 1.807) is 0 Å². The largest absolute Gasteiger partial charge is 0.481 e. The van der Waals surface area contributed by atoms with Gasteiger partial charge in [0.2, 0.25) is 0 Å². The van der Waals surface area contributed by atoms with Crippen molar-refractivity contribution in [3.63, 3.8) is 0 Å². The molecule has 2 N–H and O–H groups in total. The van der Waals surface area contributed by atoms with E-state index >= 15 is 0 Å². The third-order valence-corrected chi connectivity index (χ3v) is 3.85. The molecule has 0 aromatic rings. The fraction of sp³-hybridized carbons (Fsp3) is 0.909. The number of carboxylic acids is 1. The van der Waals surface area contributed by atoms with Crippen LogP contribution in [0.15, 0.2) is 0 Å². The highest BCUT2D eigenvalue weighted by Crippen LogP contribution is 2.48. The van der Waals surface area contributed by atoms with Crippen LogP contribution < -0.4 is 0 Å². The minimum Gasteiger partial charge on any atom is -0.481 e. The third kappa shape index (κ3) is 1.78. The van der Waals surface area contributed by atoms with Crippen molar-refractivity contribution in [1.82, 2.24) is 0 Å². The predicted molar refractivity (Wildman–Crippen MR) is 54.0 cm³/mol. The summed E-state index contributed by atoms with van der Waals surface area (Å²) < 4.78 is 0. The molecule has 3 nitrogen and oxygen atoms in total. The molecule has 0 heterocycles. The summed E-state index contributed by atoms with van der Waals surface area (Å²) in [6.45, 7) is 5.88. The van der Waals surface area contributed by atoms with Crippen LogP contribution in [-0.4, -0.2) is 21.8 Å². The van der Waals surface area contributed by atoms with Gasteiger partial charge in [-0.05, 0) is 24.2 Å². The molecule has 14 heavy (non-hydrogen) atoms. The Bertz CT molecular complexity index is 235. The fourth-order valence-electron chi connectivity index (χ4n) is 2.62. The van der Waals surface area contributed by atoms with Crippen LogP contribution in [0.3, 0.4) is 0 Å². The van der Waals surface area contributed by atoms with Crippen molar-refractivity contribution < 1.29 is 15.0 Å². The first kappa shape index (κ1) is 11.5. The highest BCUT2D eigenvalue weighted by Gasteiger charge is 2.50. The van der Waals surface area contributed by atoms with E-state index in [4.69, 9.17) is 5.11 Å². The quantitative estimate of drug-likeness (QED) is 0.717. The maximum atomic E-state index is 10.7. The van der Waals surface area contributed by atoms with Crippen LogP contribution in [0.5, 0.6) is 0 Å². The first-order valence-corrected chi connectivity index (χ1v) is 5.24.